The average Bonchev–Trinajstić information content (AvgIpc) is 1.66. The third-order valence-corrected chi connectivity index (χ3v) is 21.9. The number of nitrogens with zero attached hydrogens (tertiary/aromatic N) is 3. The van der Waals surface area contributed by atoms with E-state index in [0.717, 1.165) is 0 Å². The van der Waals surface area contributed by atoms with Crippen molar-refractivity contribution in [2.75, 3.05) is 0 Å². The molecule has 0 unspecified atom stereocenters. The van der Waals surface area contributed by atoms with Gasteiger partial charge in [-0.15, -0.1) is 0 Å². The van der Waals surface area contributed by atoms with Crippen molar-refractivity contribution in [2.45, 2.75) is 0 Å². The molecule has 19 aromatic carbocycles. The molecule has 22 rings (SSSR count). The second kappa shape index (κ2) is 27.6. The first kappa shape index (κ1) is 64.2. The van der Waals surface area contributed by atoms with Gasteiger partial charge in [-0.1, -0.05) is 309 Å². The van der Waals surface area contributed by atoms with Gasteiger partial charge in [-0.05, 0) is 231 Å². The summed E-state index contributed by atoms with van der Waals surface area (Å²) in [4.78, 5) is 0. The van der Waals surface area contributed by atoms with Crippen molar-refractivity contribution < 1.29 is 0 Å². The van der Waals surface area contributed by atoms with Crippen molar-refractivity contribution in [1.82, 2.24) is 13.7 Å². The van der Waals surface area contributed by atoms with Crippen LogP contribution in [0.1, 0.15) is 0 Å². The van der Waals surface area contributed by atoms with E-state index in [2.05, 4.69) is 444 Å². The summed E-state index contributed by atoms with van der Waals surface area (Å²) in [5, 5.41) is 17.9. The fraction of sp³-hybridized carbons (Fsp3) is 0. The van der Waals surface area contributed by atoms with Gasteiger partial charge in [0.25, 0.3) is 0 Å². The van der Waals surface area contributed by atoms with Gasteiger partial charge in [0.1, 0.15) is 0 Å². The summed E-state index contributed by atoms with van der Waals surface area (Å²) >= 11 is 0. The van der Waals surface area contributed by atoms with Crippen molar-refractivity contribution >= 4 is 109 Å². The number of fused-ring (bicyclic) bond motifs is 14. The molecule has 510 valence electrons. The molecule has 0 N–H and O–H groups in total. The van der Waals surface area contributed by atoms with Crippen LogP contribution in [0.4, 0.5) is 0 Å². The highest BCUT2D eigenvalue weighted by Crippen LogP contribution is 2.42. The number of para-hydroxylation sites is 6. The predicted molar refractivity (Wildman–Crippen MR) is 465 cm³/mol. The first-order valence-corrected chi connectivity index (χ1v) is 37.5. The summed E-state index contributed by atoms with van der Waals surface area (Å²) in [6.07, 6.45) is 0. The molecule has 3 aromatic heterocycles. The lowest BCUT2D eigenvalue weighted by molar-refractivity contribution is 1.18. The minimum atomic E-state index is 1.18. The molecular formula is C106H71N3. The quantitative estimate of drug-likeness (QED) is 0.128. The SMILES string of the molecule is c1ccc(-n2c3ccccc3c3cc(-c4cccc(-c5cc6ccccc6c6ccccc56)c4)ccc32)cc1.c1ccc(-n2c3ccccc3c3cc(-c4cccc(-c5ccc6ccccc6c5)c4)ccc32)cc1.c1ccc(-n2c3ccccc3c3cc(-c4cccc(-c5cccc6ccccc56)c4)ccc32)cc1. The second-order valence-corrected chi connectivity index (χ2v) is 28.3. The Bertz CT molecular complexity index is 7210. The summed E-state index contributed by atoms with van der Waals surface area (Å²) in [6, 6.07) is 156. The van der Waals surface area contributed by atoms with E-state index in [1.165, 1.54) is 192 Å². The lowest BCUT2D eigenvalue weighted by Crippen LogP contribution is -1.92. The molecule has 0 saturated carbocycles. The highest BCUT2D eigenvalue weighted by molar-refractivity contribution is 6.16. The predicted octanol–water partition coefficient (Wildman–Crippen LogP) is 29.0. The number of benzene rings is 19. The lowest BCUT2D eigenvalue weighted by Gasteiger charge is -2.12. The van der Waals surface area contributed by atoms with Crippen LogP contribution in [0.3, 0.4) is 0 Å². The Morgan fingerprint density at radius 2 is 0.422 bits per heavy atom. The molecule has 0 bridgehead atoms. The van der Waals surface area contributed by atoms with Crippen molar-refractivity contribution in [1.29, 1.82) is 0 Å². The zero-order valence-corrected chi connectivity index (χ0v) is 59.8. The van der Waals surface area contributed by atoms with E-state index >= 15 is 0 Å². The highest BCUT2D eigenvalue weighted by atomic mass is 15.0. The van der Waals surface area contributed by atoms with E-state index in [1.54, 1.807) is 0 Å². The first-order valence-electron chi connectivity index (χ1n) is 37.5. The minimum absolute atomic E-state index is 1.18. The van der Waals surface area contributed by atoms with E-state index in [0.29, 0.717) is 0 Å². The van der Waals surface area contributed by atoms with Crippen LogP contribution in [0.5, 0.6) is 0 Å². The van der Waals surface area contributed by atoms with Crippen LogP contribution in [0, 0.1) is 0 Å². The summed E-state index contributed by atoms with van der Waals surface area (Å²) in [5.41, 5.74) is 25.8. The van der Waals surface area contributed by atoms with Crippen LogP contribution in [-0.2, 0) is 0 Å². The van der Waals surface area contributed by atoms with Gasteiger partial charge in [0, 0.05) is 49.4 Å². The maximum absolute atomic E-state index is 2.37. The van der Waals surface area contributed by atoms with Gasteiger partial charge in [-0.2, -0.15) is 0 Å². The molecular weight excluding hydrogens is 1320 g/mol. The summed E-state index contributed by atoms with van der Waals surface area (Å²) in [7, 11) is 0. The number of hydrogen-bond acceptors (Lipinski definition) is 0. The van der Waals surface area contributed by atoms with E-state index in [1.807, 2.05) is 0 Å². The van der Waals surface area contributed by atoms with Crippen LogP contribution in [0.25, 0.3) is 192 Å². The van der Waals surface area contributed by atoms with E-state index < -0.39 is 0 Å². The zero-order valence-electron chi connectivity index (χ0n) is 59.8. The summed E-state index contributed by atoms with van der Waals surface area (Å²) < 4.78 is 7.09. The van der Waals surface area contributed by atoms with Gasteiger partial charge in [0.2, 0.25) is 0 Å². The number of rotatable bonds is 9. The summed E-state index contributed by atoms with van der Waals surface area (Å²) in [5.74, 6) is 0. The van der Waals surface area contributed by atoms with Crippen molar-refractivity contribution in [3.63, 3.8) is 0 Å². The topological polar surface area (TPSA) is 14.8 Å². The summed E-state index contributed by atoms with van der Waals surface area (Å²) in [6.45, 7) is 0. The molecule has 0 fully saturated rings. The lowest BCUT2D eigenvalue weighted by atomic mass is 9.91. The Labute approximate surface area is 632 Å². The number of aromatic nitrogens is 3. The zero-order chi connectivity index (χ0) is 72.1. The molecule has 0 spiro atoms. The molecule has 3 heterocycles. The van der Waals surface area contributed by atoms with Crippen molar-refractivity contribution in [2.24, 2.45) is 0 Å². The van der Waals surface area contributed by atoms with Crippen LogP contribution in [0.15, 0.2) is 431 Å². The first-order chi connectivity index (χ1) is 54.1. The molecule has 0 amide bonds. The van der Waals surface area contributed by atoms with Gasteiger partial charge in [-0.3, -0.25) is 0 Å². The number of hydrogen-bond donors (Lipinski definition) is 0. The van der Waals surface area contributed by atoms with Gasteiger partial charge in [-0.25, -0.2) is 0 Å². The fourth-order valence-electron chi connectivity index (χ4n) is 16.8. The second-order valence-electron chi connectivity index (χ2n) is 28.3. The van der Waals surface area contributed by atoms with Crippen LogP contribution >= 0.6 is 0 Å². The smallest absolute Gasteiger partial charge is 0.0541 e. The maximum atomic E-state index is 2.37. The van der Waals surface area contributed by atoms with Crippen molar-refractivity contribution in [3.05, 3.63) is 431 Å². The van der Waals surface area contributed by atoms with Gasteiger partial charge in [0.05, 0.1) is 33.1 Å². The van der Waals surface area contributed by atoms with Crippen LogP contribution < -0.4 is 0 Å². The molecule has 3 heteroatoms. The molecule has 0 atom stereocenters. The van der Waals surface area contributed by atoms with Gasteiger partial charge >= 0.3 is 0 Å². The molecule has 0 aliphatic rings. The standard InChI is InChI=1S/C38H25N.2C34H23N/c1-2-14-30(15-3-1)39-37-20-9-8-19-34(37)36-24-27(21-22-38(36)39)26-12-10-13-28(23-26)35-25-29-11-4-5-16-31(29)32-17-6-7-18-33(32)35;1-2-14-28(15-3-1)35-33-19-7-6-17-31(33)32-23-26(20-21-34(32)35)25-12-8-13-27(22-25)30-18-9-11-24-10-4-5-16-29(24)30;1-2-13-30(14-3-1)35-33-16-7-6-15-31(33)32-23-29(19-20-34(32)35)27-12-8-11-26(22-27)28-18-17-24-9-4-5-10-25(24)21-28/h1-25H;2*1-23H. The van der Waals surface area contributed by atoms with Crippen LogP contribution in [0.2, 0.25) is 0 Å². The third kappa shape index (κ3) is 11.7. The molecule has 0 aliphatic carbocycles. The monoisotopic (exact) mass is 1390 g/mol. The normalized spacial score (nSPS) is 11.5. The minimum Gasteiger partial charge on any atom is -0.309 e. The van der Waals surface area contributed by atoms with Crippen LogP contribution in [-0.4, -0.2) is 13.7 Å². The van der Waals surface area contributed by atoms with Gasteiger partial charge < -0.3 is 13.7 Å². The van der Waals surface area contributed by atoms with Crippen molar-refractivity contribution in [3.8, 4) is 83.8 Å². The largest absolute Gasteiger partial charge is 0.309 e. The van der Waals surface area contributed by atoms with E-state index in [-0.39, 0.29) is 0 Å². The Morgan fingerprint density at radius 3 is 0.899 bits per heavy atom. The Morgan fingerprint density at radius 1 is 0.119 bits per heavy atom. The third-order valence-electron chi connectivity index (χ3n) is 21.9. The molecule has 0 saturated heterocycles. The van der Waals surface area contributed by atoms with Gasteiger partial charge in [0.15, 0.2) is 0 Å². The maximum Gasteiger partial charge on any atom is 0.0541 e. The Kier molecular flexibility index (Phi) is 16.3. The molecule has 22 aromatic rings. The molecule has 0 radical (unpaired) electrons. The Balaban J connectivity index is 0.000000108. The molecule has 109 heavy (non-hydrogen) atoms. The van der Waals surface area contributed by atoms with E-state index in [9.17, 15) is 0 Å². The van der Waals surface area contributed by atoms with E-state index in [4.69, 9.17) is 0 Å². The molecule has 0 aliphatic heterocycles. The molecule has 3 nitrogen and oxygen atoms in total. The average molecular weight is 1390 g/mol. The fourth-order valence-corrected chi connectivity index (χ4v) is 16.8. The Hall–Kier alpha value is -14.4. The highest BCUT2D eigenvalue weighted by Gasteiger charge is 2.19.